The highest BCUT2D eigenvalue weighted by atomic mass is 16.7. The Kier molecular flexibility index (Phi) is 10.2. The zero-order valence-electron chi connectivity index (χ0n) is 25.8. The molecule has 45 heavy (non-hydrogen) atoms. The van der Waals surface area contributed by atoms with E-state index in [0.29, 0.717) is 6.54 Å². The minimum Gasteiger partial charge on any atom is -0.392 e. The lowest BCUT2D eigenvalue weighted by molar-refractivity contribution is -0.276. The summed E-state index contributed by atoms with van der Waals surface area (Å²) < 4.78 is 13.6. The number of hydrogen-bond donors (Lipinski definition) is 2. The first-order valence-electron chi connectivity index (χ1n) is 15.8. The van der Waals surface area contributed by atoms with E-state index in [-0.39, 0.29) is 24.7 Å². The molecule has 1 aliphatic heterocycles. The van der Waals surface area contributed by atoms with Crippen molar-refractivity contribution in [3.8, 4) is 11.1 Å². The first kappa shape index (κ1) is 30.9. The van der Waals surface area contributed by atoms with E-state index in [9.17, 15) is 5.11 Å². The Labute approximate surface area is 266 Å². The van der Waals surface area contributed by atoms with E-state index in [1.54, 1.807) is 0 Å². The number of nitrogens with two attached hydrogens (primary N) is 1. The molecule has 6 rings (SSSR count). The molecule has 0 spiro atoms. The number of aliphatic hydroxyl groups excluding tert-OH is 1. The number of nitrogens with zero attached hydrogens (tertiary/aromatic N) is 1. The largest absolute Gasteiger partial charge is 0.392 e. The monoisotopic (exact) mass is 598 g/mol. The van der Waals surface area contributed by atoms with Gasteiger partial charge in [-0.2, -0.15) is 0 Å². The molecule has 0 amide bonds. The highest BCUT2D eigenvalue weighted by Crippen LogP contribution is 2.42. The number of benzene rings is 5. The van der Waals surface area contributed by atoms with Crippen LogP contribution >= 0.6 is 0 Å². The van der Waals surface area contributed by atoms with Crippen LogP contribution in [0.25, 0.3) is 11.1 Å². The van der Waals surface area contributed by atoms with Crippen LogP contribution in [0.15, 0.2) is 133 Å². The van der Waals surface area contributed by atoms with Crippen LogP contribution in [0.5, 0.6) is 0 Å². The summed E-state index contributed by atoms with van der Waals surface area (Å²) in [7, 11) is 0. The summed E-state index contributed by atoms with van der Waals surface area (Å²) in [6.45, 7) is 5.15. The summed E-state index contributed by atoms with van der Waals surface area (Å²) in [6.07, 6.45) is -0.772. The summed E-state index contributed by atoms with van der Waals surface area (Å²) in [5, 5.41) is 9.64. The Morgan fingerprint density at radius 3 is 1.82 bits per heavy atom. The molecule has 0 bridgehead atoms. The Balaban J connectivity index is 1.29. The fourth-order valence-corrected chi connectivity index (χ4v) is 6.16. The minimum atomic E-state index is -0.520. The third-order valence-electron chi connectivity index (χ3n) is 8.74. The van der Waals surface area contributed by atoms with Crippen molar-refractivity contribution < 1.29 is 14.6 Å². The second kappa shape index (κ2) is 14.8. The average molecular weight is 599 g/mol. The van der Waals surface area contributed by atoms with Crippen LogP contribution in [0.4, 0.5) is 0 Å². The Morgan fingerprint density at radius 1 is 0.622 bits per heavy atom. The van der Waals surface area contributed by atoms with Gasteiger partial charge < -0.3 is 20.3 Å². The van der Waals surface area contributed by atoms with Crippen LogP contribution < -0.4 is 5.73 Å². The lowest BCUT2D eigenvalue weighted by Gasteiger charge is -2.43. The summed E-state index contributed by atoms with van der Waals surface area (Å²) in [6, 6.07) is 46.2. The second-order valence-electron chi connectivity index (χ2n) is 12.0. The highest BCUT2D eigenvalue weighted by Gasteiger charge is 2.39. The maximum Gasteiger partial charge on any atom is 0.184 e. The first-order valence-corrected chi connectivity index (χ1v) is 15.8. The van der Waals surface area contributed by atoms with E-state index < -0.39 is 6.29 Å². The molecule has 1 fully saturated rings. The van der Waals surface area contributed by atoms with E-state index in [2.05, 4.69) is 127 Å². The molecule has 5 aromatic carbocycles. The molecule has 230 valence electrons. The quantitative estimate of drug-likeness (QED) is 0.162. The van der Waals surface area contributed by atoms with Crippen LogP contribution in [-0.2, 0) is 35.7 Å². The van der Waals surface area contributed by atoms with Crippen LogP contribution in [0.1, 0.15) is 52.7 Å². The predicted molar refractivity (Wildman–Crippen MR) is 180 cm³/mol. The fraction of sp³-hybridized carbons (Fsp3) is 0.250. The fourth-order valence-electron chi connectivity index (χ4n) is 6.16. The molecule has 1 aliphatic rings. The van der Waals surface area contributed by atoms with Crippen LogP contribution in [0, 0.1) is 5.92 Å². The van der Waals surface area contributed by atoms with Crippen molar-refractivity contribution in [2.24, 2.45) is 11.7 Å². The van der Waals surface area contributed by atoms with Gasteiger partial charge in [0, 0.05) is 37.7 Å². The van der Waals surface area contributed by atoms with Gasteiger partial charge >= 0.3 is 0 Å². The maximum absolute atomic E-state index is 9.64. The molecular formula is C40H42N2O3. The third kappa shape index (κ3) is 7.77. The molecular weight excluding hydrogens is 556 g/mol. The van der Waals surface area contributed by atoms with Gasteiger partial charge in [-0.1, -0.05) is 134 Å². The standard InChI is InChI=1S/C40H42N2O3/c1-29-38(27-42(25-30-9-4-2-5-10-30)26-31-11-6-3-7-12-31)44-40(45-39(29)35-17-15-32(28-43)16-18-35)36-21-19-34(20-22-36)37-14-8-13-33(23-37)24-41/h2-23,29,38-40,43H,24-28,41H2,1H3/t29-,38+,39+,40+/m0/s1. The van der Waals surface area contributed by atoms with Gasteiger partial charge in [0.05, 0.1) is 18.8 Å². The zero-order valence-corrected chi connectivity index (χ0v) is 25.8. The van der Waals surface area contributed by atoms with Gasteiger partial charge in [-0.3, -0.25) is 4.90 Å². The smallest absolute Gasteiger partial charge is 0.184 e. The van der Waals surface area contributed by atoms with Crippen LogP contribution in [-0.4, -0.2) is 22.7 Å². The van der Waals surface area contributed by atoms with Crippen molar-refractivity contribution in [3.05, 3.63) is 167 Å². The highest BCUT2D eigenvalue weighted by molar-refractivity contribution is 5.64. The lowest BCUT2D eigenvalue weighted by atomic mass is 9.89. The minimum absolute atomic E-state index is 0.0180. The van der Waals surface area contributed by atoms with Gasteiger partial charge in [-0.05, 0) is 45.0 Å². The van der Waals surface area contributed by atoms with E-state index in [1.807, 2.05) is 18.2 Å². The van der Waals surface area contributed by atoms with Gasteiger partial charge in [-0.25, -0.2) is 0 Å². The number of aliphatic hydroxyl groups is 1. The number of ether oxygens (including phenoxy) is 2. The normalized spacial score (nSPS) is 19.9. The van der Waals surface area contributed by atoms with Gasteiger partial charge in [0.1, 0.15) is 0 Å². The van der Waals surface area contributed by atoms with Crippen LogP contribution in [0.2, 0.25) is 0 Å². The van der Waals surface area contributed by atoms with E-state index in [4.69, 9.17) is 15.2 Å². The number of hydrogen-bond acceptors (Lipinski definition) is 5. The van der Waals surface area contributed by atoms with Crippen molar-refractivity contribution in [2.45, 2.75) is 51.7 Å². The summed E-state index contributed by atoms with van der Waals surface area (Å²) >= 11 is 0. The summed E-state index contributed by atoms with van der Waals surface area (Å²) in [5.74, 6) is 0.0912. The second-order valence-corrected chi connectivity index (χ2v) is 12.0. The Morgan fingerprint density at radius 2 is 1.22 bits per heavy atom. The van der Waals surface area contributed by atoms with Gasteiger partial charge in [0.25, 0.3) is 0 Å². The molecule has 4 atom stereocenters. The SMILES string of the molecule is C[C@H]1[C@@H](CN(Cc2ccccc2)Cc2ccccc2)O[C@@H](c2ccc(-c3cccc(CN)c3)cc2)O[C@H]1c1ccc(CO)cc1. The lowest BCUT2D eigenvalue weighted by Crippen LogP contribution is -2.44. The summed E-state index contributed by atoms with van der Waals surface area (Å²) in [5.41, 5.74) is 14.8. The third-order valence-corrected chi connectivity index (χ3v) is 8.74. The first-order chi connectivity index (χ1) is 22.1. The van der Waals surface area contributed by atoms with E-state index in [1.165, 1.54) is 11.1 Å². The molecule has 5 aromatic rings. The Bertz CT molecular complexity index is 1580. The molecule has 0 aliphatic carbocycles. The molecule has 3 N–H and O–H groups in total. The number of rotatable bonds is 11. The molecule has 0 radical (unpaired) electrons. The van der Waals surface area contributed by atoms with Crippen molar-refractivity contribution >= 4 is 0 Å². The Hall–Kier alpha value is -4.10. The predicted octanol–water partition coefficient (Wildman–Crippen LogP) is 7.80. The van der Waals surface area contributed by atoms with Crippen molar-refractivity contribution in [2.75, 3.05) is 6.54 Å². The molecule has 0 saturated carbocycles. The molecule has 1 saturated heterocycles. The average Bonchev–Trinajstić information content (AvgIpc) is 3.10. The van der Waals surface area contributed by atoms with Gasteiger partial charge in [-0.15, -0.1) is 0 Å². The topological polar surface area (TPSA) is 68.0 Å². The van der Waals surface area contributed by atoms with E-state index in [0.717, 1.165) is 53.0 Å². The van der Waals surface area contributed by atoms with Gasteiger partial charge in [0.15, 0.2) is 6.29 Å². The van der Waals surface area contributed by atoms with Crippen molar-refractivity contribution in [1.29, 1.82) is 0 Å². The molecule has 1 heterocycles. The van der Waals surface area contributed by atoms with Crippen molar-refractivity contribution in [1.82, 2.24) is 4.90 Å². The maximum atomic E-state index is 9.64. The summed E-state index contributed by atoms with van der Waals surface area (Å²) in [4.78, 5) is 2.48. The molecule has 0 unspecified atom stereocenters. The van der Waals surface area contributed by atoms with Gasteiger partial charge in [0.2, 0.25) is 0 Å². The molecule has 5 heteroatoms. The van der Waals surface area contributed by atoms with E-state index >= 15 is 0 Å². The zero-order chi connectivity index (χ0) is 31.0. The van der Waals surface area contributed by atoms with Crippen LogP contribution in [0.3, 0.4) is 0 Å². The van der Waals surface area contributed by atoms with Crippen molar-refractivity contribution in [3.63, 3.8) is 0 Å². The molecule has 0 aromatic heterocycles. The molecule has 5 nitrogen and oxygen atoms in total.